The Kier molecular flexibility index (Phi) is 6.15. The van der Waals surface area contributed by atoms with Crippen LogP contribution in [0.1, 0.15) is 35.2 Å². The fraction of sp³-hybridized carbons (Fsp3) is 0.333. The summed E-state index contributed by atoms with van der Waals surface area (Å²) < 4.78 is 0. The molecule has 0 bridgehead atoms. The number of nitrogens with zero attached hydrogens (tertiary/aromatic N) is 1. The minimum absolute atomic E-state index is 0.105. The van der Waals surface area contributed by atoms with Crippen LogP contribution in [0.5, 0.6) is 0 Å². The number of para-hydroxylation sites is 1. The van der Waals surface area contributed by atoms with E-state index in [4.69, 9.17) is 0 Å². The number of carbonyl (C=O) groups excluding carboxylic acids is 2. The lowest BCUT2D eigenvalue weighted by Gasteiger charge is -2.29. The lowest BCUT2D eigenvalue weighted by Crippen LogP contribution is -2.37. The Morgan fingerprint density at radius 1 is 1.00 bits per heavy atom. The van der Waals surface area contributed by atoms with Crippen molar-refractivity contribution in [2.24, 2.45) is 0 Å². The number of likely N-dealkylation sites (tertiary alicyclic amines) is 1. The van der Waals surface area contributed by atoms with Crippen LogP contribution >= 0.6 is 0 Å². The standard InChI is InChI=1S/C21H24N2O3/c24-17-10-13-23(14-11-17)15-12-20(25)22-19-9-5-4-8-18(19)21(26)16-6-2-1-3-7-16/h1-9,17,24H,10-15H2,(H,22,25). The quantitative estimate of drug-likeness (QED) is 0.785. The van der Waals surface area contributed by atoms with Crippen molar-refractivity contribution in [2.75, 3.05) is 25.0 Å². The molecule has 0 radical (unpaired) electrons. The van der Waals surface area contributed by atoms with Crippen LogP contribution in [0.2, 0.25) is 0 Å². The summed E-state index contributed by atoms with van der Waals surface area (Å²) in [5.41, 5.74) is 1.63. The van der Waals surface area contributed by atoms with Crippen LogP contribution in [0, 0.1) is 0 Å². The third-order valence-corrected chi connectivity index (χ3v) is 4.69. The van der Waals surface area contributed by atoms with Gasteiger partial charge in [0.2, 0.25) is 5.91 Å². The van der Waals surface area contributed by atoms with Gasteiger partial charge >= 0.3 is 0 Å². The first-order valence-corrected chi connectivity index (χ1v) is 9.02. The molecule has 0 aromatic heterocycles. The Morgan fingerprint density at radius 3 is 2.38 bits per heavy atom. The molecule has 136 valence electrons. The van der Waals surface area contributed by atoms with Crippen molar-refractivity contribution >= 4 is 17.4 Å². The van der Waals surface area contributed by atoms with Gasteiger partial charge in [0, 0.05) is 37.2 Å². The molecule has 0 saturated carbocycles. The zero-order chi connectivity index (χ0) is 18.4. The van der Waals surface area contributed by atoms with Crippen molar-refractivity contribution in [1.82, 2.24) is 4.90 Å². The van der Waals surface area contributed by atoms with Crippen molar-refractivity contribution in [3.63, 3.8) is 0 Å². The number of ketones is 1. The Balaban J connectivity index is 1.61. The third-order valence-electron chi connectivity index (χ3n) is 4.69. The zero-order valence-corrected chi connectivity index (χ0v) is 14.7. The topological polar surface area (TPSA) is 69.6 Å². The van der Waals surface area contributed by atoms with Gasteiger partial charge in [-0.2, -0.15) is 0 Å². The van der Waals surface area contributed by atoms with Crippen LogP contribution < -0.4 is 5.32 Å². The Labute approximate surface area is 153 Å². The van der Waals surface area contributed by atoms with E-state index in [0.29, 0.717) is 29.8 Å². The Hall–Kier alpha value is -2.50. The summed E-state index contributed by atoms with van der Waals surface area (Å²) in [6.07, 6.45) is 1.67. The number of rotatable bonds is 6. The minimum Gasteiger partial charge on any atom is -0.393 e. The fourth-order valence-corrected chi connectivity index (χ4v) is 3.15. The van der Waals surface area contributed by atoms with E-state index >= 15 is 0 Å². The predicted octanol–water partition coefficient (Wildman–Crippen LogP) is 2.70. The highest BCUT2D eigenvalue weighted by molar-refractivity contribution is 6.13. The van der Waals surface area contributed by atoms with Crippen LogP contribution in [-0.2, 0) is 4.79 Å². The van der Waals surface area contributed by atoms with E-state index < -0.39 is 0 Å². The molecule has 1 heterocycles. The first kappa shape index (κ1) is 18.3. The molecule has 1 amide bonds. The average molecular weight is 352 g/mol. The van der Waals surface area contributed by atoms with Crippen LogP contribution in [0.25, 0.3) is 0 Å². The summed E-state index contributed by atoms with van der Waals surface area (Å²) in [6.45, 7) is 2.29. The van der Waals surface area contributed by atoms with Gasteiger partial charge in [0.15, 0.2) is 5.78 Å². The van der Waals surface area contributed by atoms with Crippen molar-refractivity contribution in [2.45, 2.75) is 25.4 Å². The number of benzene rings is 2. The van der Waals surface area contributed by atoms with Crippen molar-refractivity contribution in [1.29, 1.82) is 0 Å². The second-order valence-electron chi connectivity index (χ2n) is 6.61. The molecule has 26 heavy (non-hydrogen) atoms. The average Bonchev–Trinajstić information content (AvgIpc) is 2.68. The number of nitrogens with one attached hydrogen (secondary N) is 1. The third kappa shape index (κ3) is 4.77. The number of amides is 1. The van der Waals surface area contributed by atoms with Gasteiger partial charge in [-0.3, -0.25) is 9.59 Å². The predicted molar refractivity (Wildman–Crippen MR) is 101 cm³/mol. The summed E-state index contributed by atoms with van der Waals surface area (Å²) >= 11 is 0. The van der Waals surface area contributed by atoms with Gasteiger partial charge in [-0.15, -0.1) is 0 Å². The van der Waals surface area contributed by atoms with Gasteiger partial charge < -0.3 is 15.3 Å². The second-order valence-corrected chi connectivity index (χ2v) is 6.61. The molecule has 2 aromatic rings. The molecular formula is C21H24N2O3. The Morgan fingerprint density at radius 2 is 1.65 bits per heavy atom. The molecule has 0 spiro atoms. The van der Waals surface area contributed by atoms with E-state index in [9.17, 15) is 14.7 Å². The number of piperidine rings is 1. The first-order valence-electron chi connectivity index (χ1n) is 9.02. The van der Waals surface area contributed by atoms with Gasteiger partial charge in [-0.05, 0) is 25.0 Å². The molecule has 2 aromatic carbocycles. The number of aliphatic hydroxyl groups excluding tert-OH is 1. The molecule has 0 atom stereocenters. The van der Waals surface area contributed by atoms with Gasteiger partial charge in [-0.1, -0.05) is 42.5 Å². The van der Waals surface area contributed by atoms with E-state index in [1.165, 1.54) is 0 Å². The monoisotopic (exact) mass is 352 g/mol. The molecule has 1 fully saturated rings. The summed E-state index contributed by atoms with van der Waals surface area (Å²) in [5, 5.41) is 12.4. The smallest absolute Gasteiger partial charge is 0.225 e. The summed E-state index contributed by atoms with van der Waals surface area (Å²) in [7, 11) is 0. The van der Waals surface area contributed by atoms with Crippen LogP contribution in [0.15, 0.2) is 54.6 Å². The van der Waals surface area contributed by atoms with E-state index in [-0.39, 0.29) is 17.8 Å². The highest BCUT2D eigenvalue weighted by Gasteiger charge is 2.18. The van der Waals surface area contributed by atoms with Crippen LogP contribution in [0.4, 0.5) is 5.69 Å². The molecule has 5 nitrogen and oxygen atoms in total. The summed E-state index contributed by atoms with van der Waals surface area (Å²) in [6, 6.07) is 16.1. The number of hydrogen-bond donors (Lipinski definition) is 2. The van der Waals surface area contributed by atoms with Crippen LogP contribution in [-0.4, -0.2) is 47.4 Å². The molecule has 0 aliphatic carbocycles. The molecule has 1 aliphatic rings. The van der Waals surface area contributed by atoms with Crippen molar-refractivity contribution in [3.8, 4) is 0 Å². The number of aliphatic hydroxyl groups is 1. The zero-order valence-electron chi connectivity index (χ0n) is 14.7. The van der Waals surface area contributed by atoms with Gasteiger partial charge in [0.25, 0.3) is 0 Å². The SMILES string of the molecule is O=C(CCN1CCC(O)CC1)Nc1ccccc1C(=O)c1ccccc1. The molecular weight excluding hydrogens is 328 g/mol. The minimum atomic E-state index is -0.212. The highest BCUT2D eigenvalue weighted by atomic mass is 16.3. The summed E-state index contributed by atoms with van der Waals surface area (Å²) in [5.74, 6) is -0.212. The lowest BCUT2D eigenvalue weighted by molar-refractivity contribution is -0.116. The van der Waals surface area contributed by atoms with Gasteiger partial charge in [0.05, 0.1) is 11.8 Å². The van der Waals surface area contributed by atoms with Crippen molar-refractivity contribution in [3.05, 3.63) is 65.7 Å². The lowest BCUT2D eigenvalue weighted by atomic mass is 10.0. The summed E-state index contributed by atoms with van der Waals surface area (Å²) in [4.78, 5) is 27.2. The maximum absolute atomic E-state index is 12.7. The molecule has 1 saturated heterocycles. The molecule has 0 unspecified atom stereocenters. The number of carbonyl (C=O) groups is 2. The molecule has 1 aliphatic heterocycles. The van der Waals surface area contributed by atoms with E-state index in [1.54, 1.807) is 30.3 Å². The molecule has 5 heteroatoms. The Bertz CT molecular complexity index is 753. The van der Waals surface area contributed by atoms with Gasteiger partial charge in [0.1, 0.15) is 0 Å². The second kappa shape index (κ2) is 8.74. The molecule has 2 N–H and O–H groups in total. The van der Waals surface area contributed by atoms with E-state index in [0.717, 1.165) is 25.9 Å². The van der Waals surface area contributed by atoms with Crippen molar-refractivity contribution < 1.29 is 14.7 Å². The van der Waals surface area contributed by atoms with E-state index in [2.05, 4.69) is 10.2 Å². The van der Waals surface area contributed by atoms with Gasteiger partial charge in [-0.25, -0.2) is 0 Å². The van der Waals surface area contributed by atoms with Crippen LogP contribution in [0.3, 0.4) is 0 Å². The maximum Gasteiger partial charge on any atom is 0.225 e. The number of anilines is 1. The van der Waals surface area contributed by atoms with E-state index in [1.807, 2.05) is 24.3 Å². The largest absolute Gasteiger partial charge is 0.393 e. The maximum atomic E-state index is 12.7. The first-order chi connectivity index (χ1) is 12.6. The highest BCUT2D eigenvalue weighted by Crippen LogP contribution is 2.19. The normalized spacial score (nSPS) is 15.6. The molecule has 3 rings (SSSR count). The fourth-order valence-electron chi connectivity index (χ4n) is 3.15. The number of hydrogen-bond acceptors (Lipinski definition) is 4.